The third-order valence-electron chi connectivity index (χ3n) is 2.66. The smallest absolute Gasteiger partial charge is 0.0932 e. The van der Waals surface area contributed by atoms with Gasteiger partial charge in [-0.25, -0.2) is 4.98 Å². The molecular formula is C13H19N3S. The van der Waals surface area contributed by atoms with Crippen LogP contribution in [0.15, 0.2) is 23.8 Å². The van der Waals surface area contributed by atoms with Crippen LogP contribution >= 0.6 is 11.3 Å². The number of hydrogen-bond donors (Lipinski definition) is 2. The average Bonchev–Trinajstić information content (AvgIpc) is 2.83. The average molecular weight is 249 g/mol. The molecule has 2 heterocycles. The van der Waals surface area contributed by atoms with Crippen molar-refractivity contribution >= 4 is 11.3 Å². The van der Waals surface area contributed by atoms with Gasteiger partial charge in [0.05, 0.1) is 10.7 Å². The highest BCUT2D eigenvalue weighted by Gasteiger charge is 2.11. The third kappa shape index (κ3) is 3.68. The quantitative estimate of drug-likeness (QED) is 0.855. The molecule has 0 aliphatic rings. The van der Waals surface area contributed by atoms with Gasteiger partial charge in [0.2, 0.25) is 0 Å². The number of nitrogens with two attached hydrogens (primary N) is 1. The van der Waals surface area contributed by atoms with E-state index in [1.165, 1.54) is 5.01 Å². The summed E-state index contributed by atoms with van der Waals surface area (Å²) in [5.41, 5.74) is 8.12. The molecule has 4 heteroatoms. The fraction of sp³-hybridized carbons (Fsp3) is 0.462. The molecule has 0 aliphatic carbocycles. The molecule has 0 amide bonds. The molecule has 0 saturated heterocycles. The lowest BCUT2D eigenvalue weighted by Gasteiger charge is -2.17. The van der Waals surface area contributed by atoms with Gasteiger partial charge in [-0.15, -0.1) is 11.3 Å². The van der Waals surface area contributed by atoms with E-state index in [-0.39, 0.29) is 5.54 Å². The van der Waals surface area contributed by atoms with Gasteiger partial charge in [0.1, 0.15) is 0 Å². The fourth-order valence-corrected chi connectivity index (χ4v) is 2.59. The minimum Gasteiger partial charge on any atom is -0.367 e. The molecule has 2 rings (SSSR count). The Labute approximate surface area is 106 Å². The predicted molar refractivity (Wildman–Crippen MR) is 73.1 cm³/mol. The maximum absolute atomic E-state index is 5.96. The van der Waals surface area contributed by atoms with Gasteiger partial charge in [-0.2, -0.15) is 0 Å². The lowest BCUT2D eigenvalue weighted by Crippen LogP contribution is -2.31. The molecule has 3 nitrogen and oxygen atoms in total. The predicted octanol–water partition coefficient (Wildman–Crippen LogP) is 3.20. The number of thiazole rings is 1. The Morgan fingerprint density at radius 1 is 1.47 bits per heavy atom. The van der Waals surface area contributed by atoms with Crippen molar-refractivity contribution in [3.8, 4) is 11.3 Å². The molecule has 0 atom stereocenters. The molecular weight excluding hydrogens is 230 g/mol. The zero-order valence-corrected chi connectivity index (χ0v) is 11.2. The molecule has 0 saturated carbocycles. The molecule has 0 aromatic carbocycles. The molecule has 2 aromatic heterocycles. The summed E-state index contributed by atoms with van der Waals surface area (Å²) in [6.07, 6.45) is 7.05. The molecule has 0 spiro atoms. The van der Waals surface area contributed by atoms with E-state index in [4.69, 9.17) is 5.73 Å². The van der Waals surface area contributed by atoms with Crippen LogP contribution in [-0.4, -0.2) is 15.5 Å². The van der Waals surface area contributed by atoms with E-state index in [1.54, 1.807) is 11.3 Å². The Kier molecular flexibility index (Phi) is 3.64. The lowest BCUT2D eigenvalue weighted by atomic mass is 9.99. The van der Waals surface area contributed by atoms with Crippen molar-refractivity contribution in [3.63, 3.8) is 0 Å². The summed E-state index contributed by atoms with van der Waals surface area (Å²) in [5.74, 6) is 0. The first-order valence-corrected chi connectivity index (χ1v) is 6.79. The molecule has 92 valence electrons. The zero-order valence-electron chi connectivity index (χ0n) is 10.4. The Morgan fingerprint density at radius 3 is 2.94 bits per heavy atom. The van der Waals surface area contributed by atoms with Gasteiger partial charge >= 0.3 is 0 Å². The summed E-state index contributed by atoms with van der Waals surface area (Å²) < 4.78 is 0. The van der Waals surface area contributed by atoms with Crippen molar-refractivity contribution in [3.05, 3.63) is 28.8 Å². The number of aromatic nitrogens is 2. The molecule has 2 aromatic rings. The first-order valence-electron chi connectivity index (χ1n) is 5.91. The Morgan fingerprint density at radius 2 is 2.29 bits per heavy atom. The van der Waals surface area contributed by atoms with E-state index < -0.39 is 0 Å². The maximum atomic E-state index is 5.96. The molecule has 0 bridgehead atoms. The highest BCUT2D eigenvalue weighted by Crippen LogP contribution is 2.22. The van der Waals surface area contributed by atoms with Crippen LogP contribution in [0.3, 0.4) is 0 Å². The second kappa shape index (κ2) is 5.02. The van der Waals surface area contributed by atoms with Gasteiger partial charge in [0.25, 0.3) is 0 Å². The van der Waals surface area contributed by atoms with Crippen molar-refractivity contribution in [1.29, 1.82) is 0 Å². The highest BCUT2D eigenvalue weighted by molar-refractivity contribution is 7.09. The van der Waals surface area contributed by atoms with Crippen LogP contribution in [0.5, 0.6) is 0 Å². The van der Waals surface area contributed by atoms with Crippen LogP contribution < -0.4 is 5.73 Å². The molecule has 0 radical (unpaired) electrons. The number of nitrogens with one attached hydrogen (secondary N) is 1. The van der Waals surface area contributed by atoms with Gasteiger partial charge in [-0.3, -0.25) is 0 Å². The number of aryl methyl sites for hydroxylation is 1. The van der Waals surface area contributed by atoms with Gasteiger partial charge < -0.3 is 10.7 Å². The fourth-order valence-electron chi connectivity index (χ4n) is 1.74. The van der Waals surface area contributed by atoms with Crippen LogP contribution in [-0.2, 0) is 6.42 Å². The van der Waals surface area contributed by atoms with E-state index in [1.807, 2.05) is 18.5 Å². The largest absolute Gasteiger partial charge is 0.367 e. The van der Waals surface area contributed by atoms with Crippen LogP contribution in [0.25, 0.3) is 11.3 Å². The van der Waals surface area contributed by atoms with E-state index >= 15 is 0 Å². The van der Waals surface area contributed by atoms with Crippen molar-refractivity contribution in [2.24, 2.45) is 5.73 Å². The van der Waals surface area contributed by atoms with Gasteiger partial charge in [-0.1, -0.05) is 0 Å². The second-order valence-electron chi connectivity index (χ2n) is 5.07. The molecule has 3 N–H and O–H groups in total. The second-order valence-corrected chi connectivity index (χ2v) is 6.01. The van der Waals surface area contributed by atoms with Crippen molar-refractivity contribution in [1.82, 2.24) is 9.97 Å². The SMILES string of the molecule is CC(C)(N)CCCc1nc(-c2cc[nH]c2)cs1. The van der Waals surface area contributed by atoms with Crippen LogP contribution in [0, 0.1) is 0 Å². The number of nitrogens with zero attached hydrogens (tertiary/aromatic N) is 1. The van der Waals surface area contributed by atoms with Crippen molar-refractivity contribution in [2.75, 3.05) is 0 Å². The first kappa shape index (κ1) is 12.3. The minimum absolute atomic E-state index is 0.0687. The number of rotatable bonds is 5. The zero-order chi connectivity index (χ0) is 12.3. The van der Waals surface area contributed by atoms with E-state index in [0.29, 0.717) is 0 Å². The van der Waals surface area contributed by atoms with Crippen molar-refractivity contribution in [2.45, 2.75) is 38.6 Å². The molecule has 17 heavy (non-hydrogen) atoms. The monoisotopic (exact) mass is 249 g/mol. The van der Waals surface area contributed by atoms with Crippen molar-refractivity contribution < 1.29 is 0 Å². The van der Waals surface area contributed by atoms with Crippen LogP contribution in [0.1, 0.15) is 31.7 Å². The van der Waals surface area contributed by atoms with Gasteiger partial charge in [0, 0.05) is 28.9 Å². The maximum Gasteiger partial charge on any atom is 0.0932 e. The number of hydrogen-bond acceptors (Lipinski definition) is 3. The van der Waals surface area contributed by atoms with E-state index in [0.717, 1.165) is 30.5 Å². The number of H-pyrrole nitrogens is 1. The Balaban J connectivity index is 1.91. The molecule has 0 aliphatic heterocycles. The third-order valence-corrected chi connectivity index (χ3v) is 3.57. The minimum atomic E-state index is -0.0687. The van der Waals surface area contributed by atoms with E-state index in [9.17, 15) is 0 Å². The number of aromatic amines is 1. The summed E-state index contributed by atoms with van der Waals surface area (Å²) >= 11 is 1.73. The summed E-state index contributed by atoms with van der Waals surface area (Å²) in [6, 6.07) is 2.04. The summed E-state index contributed by atoms with van der Waals surface area (Å²) in [4.78, 5) is 7.68. The van der Waals surface area contributed by atoms with Crippen LogP contribution in [0.2, 0.25) is 0 Å². The summed E-state index contributed by atoms with van der Waals surface area (Å²) in [6.45, 7) is 4.14. The Bertz CT molecular complexity index is 451. The van der Waals surface area contributed by atoms with Gasteiger partial charge in [-0.05, 0) is 39.2 Å². The van der Waals surface area contributed by atoms with Crippen LogP contribution in [0.4, 0.5) is 0 Å². The van der Waals surface area contributed by atoms with E-state index in [2.05, 4.69) is 29.2 Å². The molecule has 0 fully saturated rings. The Hall–Kier alpha value is -1.13. The topological polar surface area (TPSA) is 54.7 Å². The normalized spacial score (nSPS) is 11.9. The highest BCUT2D eigenvalue weighted by atomic mass is 32.1. The molecule has 0 unspecified atom stereocenters. The first-order chi connectivity index (χ1) is 8.04. The lowest BCUT2D eigenvalue weighted by molar-refractivity contribution is 0.459. The standard InChI is InChI=1S/C13H19N3S/c1-13(2,14)6-3-4-12-16-11(9-17-12)10-5-7-15-8-10/h5,7-9,15H,3-4,6,14H2,1-2H3. The summed E-state index contributed by atoms with van der Waals surface area (Å²) in [7, 11) is 0. The van der Waals surface area contributed by atoms with Gasteiger partial charge in [0.15, 0.2) is 0 Å². The summed E-state index contributed by atoms with van der Waals surface area (Å²) in [5, 5.41) is 3.32.